The molecule has 2 amide bonds. The average Bonchev–Trinajstić information content (AvgIpc) is 2.87. The Balaban J connectivity index is 1.91. The maximum atomic E-state index is 13.0. The third-order valence-electron chi connectivity index (χ3n) is 6.97. The monoisotopic (exact) mass is 501 g/mol. The van der Waals surface area contributed by atoms with Gasteiger partial charge in [-0.05, 0) is 74.9 Å². The molecule has 1 heterocycles. The first-order valence-corrected chi connectivity index (χ1v) is 13.0. The first kappa shape index (κ1) is 27.5. The van der Waals surface area contributed by atoms with E-state index >= 15 is 0 Å². The van der Waals surface area contributed by atoms with E-state index < -0.39 is 5.60 Å². The Hall–Kier alpha value is -2.12. The predicted octanol–water partition coefficient (Wildman–Crippen LogP) is 5.04. The summed E-state index contributed by atoms with van der Waals surface area (Å²) >= 11 is 6.14. The summed E-state index contributed by atoms with van der Waals surface area (Å²) in [5, 5.41) is 19.3. The van der Waals surface area contributed by atoms with Crippen molar-refractivity contribution >= 4 is 17.6 Å². The van der Waals surface area contributed by atoms with Crippen LogP contribution in [0.4, 0.5) is 4.79 Å². The molecule has 2 aromatic carbocycles. The molecule has 3 N–H and O–H groups in total. The second-order valence-electron chi connectivity index (χ2n) is 9.62. The number of hydrogen-bond donors (Lipinski definition) is 3. The summed E-state index contributed by atoms with van der Waals surface area (Å²) in [5.74, 6) is -0.0717. The fourth-order valence-corrected chi connectivity index (χ4v) is 5.28. The van der Waals surface area contributed by atoms with Crippen molar-refractivity contribution in [3.8, 4) is 11.1 Å². The number of rotatable bonds is 11. The number of halogens is 1. The number of nitrogens with one attached hydrogen (secondary N) is 2. The molecule has 2 aromatic rings. The van der Waals surface area contributed by atoms with Gasteiger partial charge in [0, 0.05) is 50.3 Å². The highest BCUT2D eigenvalue weighted by atomic mass is 35.5. The molecule has 1 fully saturated rings. The van der Waals surface area contributed by atoms with Crippen LogP contribution in [0.1, 0.15) is 44.6 Å². The van der Waals surface area contributed by atoms with Gasteiger partial charge < -0.3 is 25.4 Å². The normalized spacial score (nSPS) is 18.7. The molecule has 6 nitrogen and oxygen atoms in total. The van der Waals surface area contributed by atoms with Gasteiger partial charge in [-0.15, -0.1) is 0 Å². The van der Waals surface area contributed by atoms with E-state index in [9.17, 15) is 9.90 Å². The second-order valence-corrected chi connectivity index (χ2v) is 10.1. The number of methoxy groups -OCH3 is 1. The molecule has 35 heavy (non-hydrogen) atoms. The van der Waals surface area contributed by atoms with E-state index in [0.717, 1.165) is 42.4 Å². The summed E-state index contributed by atoms with van der Waals surface area (Å²) in [7, 11) is 3.58. The van der Waals surface area contributed by atoms with E-state index in [0.29, 0.717) is 37.7 Å². The molecule has 192 valence electrons. The van der Waals surface area contributed by atoms with Gasteiger partial charge in [-0.1, -0.05) is 48.0 Å². The van der Waals surface area contributed by atoms with E-state index in [4.69, 9.17) is 16.3 Å². The van der Waals surface area contributed by atoms with Gasteiger partial charge in [0.2, 0.25) is 0 Å². The van der Waals surface area contributed by atoms with Crippen molar-refractivity contribution < 1.29 is 14.6 Å². The van der Waals surface area contributed by atoms with Crippen LogP contribution >= 0.6 is 11.6 Å². The van der Waals surface area contributed by atoms with Crippen LogP contribution in [0, 0.1) is 5.92 Å². The largest absolute Gasteiger partial charge is 0.385 e. The zero-order valence-corrected chi connectivity index (χ0v) is 22.0. The molecule has 1 unspecified atom stereocenters. The fourth-order valence-electron chi connectivity index (χ4n) is 5.15. The number of hydrogen-bond acceptors (Lipinski definition) is 4. The summed E-state index contributed by atoms with van der Waals surface area (Å²) in [6.07, 6.45) is 4.05. The maximum Gasteiger partial charge on any atom is 0.317 e. The Morgan fingerprint density at radius 1 is 1.23 bits per heavy atom. The molecule has 1 aliphatic heterocycles. The number of benzene rings is 2. The van der Waals surface area contributed by atoms with Crippen molar-refractivity contribution in [1.82, 2.24) is 15.5 Å². The molecule has 3 atom stereocenters. The molecule has 1 aliphatic rings. The zero-order valence-electron chi connectivity index (χ0n) is 21.2. The molecule has 3 rings (SSSR count). The van der Waals surface area contributed by atoms with Crippen LogP contribution in [-0.4, -0.2) is 62.5 Å². The zero-order chi connectivity index (χ0) is 25.3. The van der Waals surface area contributed by atoms with E-state index in [2.05, 4.69) is 16.7 Å². The number of carbonyl (C=O) groups excluding carboxylic acids is 1. The number of carbonyl (C=O) groups is 1. The minimum atomic E-state index is -1.07. The van der Waals surface area contributed by atoms with Gasteiger partial charge in [0.05, 0.1) is 5.60 Å². The van der Waals surface area contributed by atoms with Crippen molar-refractivity contribution in [1.29, 1.82) is 0 Å². The van der Waals surface area contributed by atoms with Crippen molar-refractivity contribution in [3.63, 3.8) is 0 Å². The van der Waals surface area contributed by atoms with E-state index in [1.807, 2.05) is 61.3 Å². The summed E-state index contributed by atoms with van der Waals surface area (Å²) < 4.78 is 5.26. The Morgan fingerprint density at radius 2 is 1.97 bits per heavy atom. The van der Waals surface area contributed by atoms with Gasteiger partial charge in [-0.3, -0.25) is 0 Å². The lowest BCUT2D eigenvalue weighted by Gasteiger charge is -2.43. The van der Waals surface area contributed by atoms with Crippen LogP contribution in [0.2, 0.25) is 5.02 Å². The molecule has 0 saturated carbocycles. The van der Waals surface area contributed by atoms with Gasteiger partial charge >= 0.3 is 6.03 Å². The molecule has 0 aromatic heterocycles. The number of nitrogens with zero attached hydrogens (tertiary/aromatic N) is 1. The van der Waals surface area contributed by atoms with Gasteiger partial charge in [0.25, 0.3) is 0 Å². The van der Waals surface area contributed by atoms with Crippen LogP contribution in [0.5, 0.6) is 0 Å². The highest BCUT2D eigenvalue weighted by Gasteiger charge is 2.42. The van der Waals surface area contributed by atoms with E-state index in [-0.39, 0.29) is 18.0 Å². The first-order valence-electron chi connectivity index (χ1n) is 12.7. The Bertz CT molecular complexity index is 939. The number of ether oxygens (including phenoxy) is 1. The molecular formula is C28H40ClN3O3. The van der Waals surface area contributed by atoms with Gasteiger partial charge in [-0.2, -0.15) is 0 Å². The van der Waals surface area contributed by atoms with E-state index in [1.165, 1.54) is 0 Å². The Morgan fingerprint density at radius 3 is 2.69 bits per heavy atom. The van der Waals surface area contributed by atoms with Gasteiger partial charge in [0.15, 0.2) is 0 Å². The molecule has 0 bridgehead atoms. The summed E-state index contributed by atoms with van der Waals surface area (Å²) in [6.45, 7) is 4.59. The molecular weight excluding hydrogens is 462 g/mol. The fraction of sp³-hybridized carbons (Fsp3) is 0.536. The Labute approximate surface area is 215 Å². The van der Waals surface area contributed by atoms with Crippen LogP contribution in [0.25, 0.3) is 11.1 Å². The number of unbranched alkanes of at least 4 members (excludes halogenated alkanes) is 1. The van der Waals surface area contributed by atoms with E-state index in [1.54, 1.807) is 7.11 Å². The molecule has 1 saturated heterocycles. The third-order valence-corrected chi connectivity index (χ3v) is 7.22. The smallest absolute Gasteiger partial charge is 0.317 e. The predicted molar refractivity (Wildman–Crippen MR) is 143 cm³/mol. The van der Waals surface area contributed by atoms with Gasteiger partial charge in [0.1, 0.15) is 0 Å². The summed E-state index contributed by atoms with van der Waals surface area (Å²) in [5.41, 5.74) is 1.87. The summed E-state index contributed by atoms with van der Waals surface area (Å²) in [6, 6.07) is 15.8. The number of likely N-dealkylation sites (tertiary alicyclic amines) is 1. The molecule has 0 spiro atoms. The highest BCUT2D eigenvalue weighted by Crippen LogP contribution is 2.43. The third kappa shape index (κ3) is 7.20. The maximum absolute atomic E-state index is 13.0. The lowest BCUT2D eigenvalue weighted by Crippen LogP contribution is -2.53. The number of amides is 2. The summed E-state index contributed by atoms with van der Waals surface area (Å²) in [4.78, 5) is 14.9. The van der Waals surface area contributed by atoms with Crippen LogP contribution < -0.4 is 10.6 Å². The van der Waals surface area contributed by atoms with Crippen molar-refractivity contribution in [2.45, 2.75) is 50.7 Å². The molecule has 0 aliphatic carbocycles. The Kier molecular flexibility index (Phi) is 10.4. The standard InChI is InChI=1S/C28H40ClN3O3/c1-21(19-30-2)31-27(33)32-17-8-9-23(20-32)28(34,16-6-7-18-35-3)26-11-5-4-10-25(26)22-12-14-24(29)15-13-22/h4-5,10-15,21,23,30,34H,6-9,16-20H2,1-3H3,(H,31,33)/t21?,23-,28+/m1/s1. The first-order chi connectivity index (χ1) is 16.9. The second kappa shape index (κ2) is 13.3. The van der Waals surface area contributed by atoms with Crippen molar-refractivity contribution in [2.24, 2.45) is 5.92 Å². The van der Waals surface area contributed by atoms with Crippen LogP contribution in [0.3, 0.4) is 0 Å². The number of urea groups is 1. The number of piperidine rings is 1. The lowest BCUT2D eigenvalue weighted by molar-refractivity contribution is -0.0559. The number of aliphatic hydroxyl groups is 1. The molecule has 7 heteroatoms. The quantitative estimate of drug-likeness (QED) is 0.377. The van der Waals surface area contributed by atoms with Crippen molar-refractivity contribution in [2.75, 3.05) is 40.4 Å². The highest BCUT2D eigenvalue weighted by molar-refractivity contribution is 6.30. The lowest BCUT2D eigenvalue weighted by atomic mass is 9.72. The SMILES string of the molecule is CNCC(C)NC(=O)N1CCC[C@@H]([C@@](O)(CCCCOC)c2ccccc2-c2ccc(Cl)cc2)C1. The molecule has 0 radical (unpaired) electrons. The van der Waals surface area contributed by atoms with Gasteiger partial charge in [-0.25, -0.2) is 4.79 Å². The van der Waals surface area contributed by atoms with Crippen molar-refractivity contribution in [3.05, 3.63) is 59.1 Å². The average molecular weight is 502 g/mol. The minimum absolute atomic E-state index is 0.0337. The van der Waals surface area contributed by atoms with Crippen LogP contribution in [0.15, 0.2) is 48.5 Å². The number of likely N-dealkylation sites (N-methyl/N-ethyl adjacent to an activating group) is 1. The van der Waals surface area contributed by atoms with Crippen LogP contribution in [-0.2, 0) is 10.3 Å². The minimum Gasteiger partial charge on any atom is -0.385 e. The topological polar surface area (TPSA) is 73.8 Å².